The molecule has 0 fully saturated rings. The first kappa shape index (κ1) is 12.9. The van der Waals surface area contributed by atoms with Crippen LogP contribution in [0.4, 0.5) is 0 Å². The van der Waals surface area contributed by atoms with E-state index in [0.717, 1.165) is 0 Å². The van der Waals surface area contributed by atoms with Gasteiger partial charge in [-0.1, -0.05) is 0 Å². The van der Waals surface area contributed by atoms with Crippen molar-refractivity contribution in [2.75, 3.05) is 6.54 Å². The van der Waals surface area contributed by atoms with Crippen LogP contribution in [0.5, 0.6) is 0 Å². The van der Waals surface area contributed by atoms with E-state index >= 15 is 0 Å². The molecular formula is C10H19N3O. The minimum Gasteiger partial charge on any atom is -0.356 e. The zero-order valence-corrected chi connectivity index (χ0v) is 8.97. The Bertz CT molecular complexity index is 212. The molecule has 14 heavy (non-hydrogen) atoms. The van der Waals surface area contributed by atoms with Crippen molar-refractivity contribution in [2.24, 2.45) is 5.73 Å². The number of amides is 1. The number of nitrogens with one attached hydrogen (secondary N) is 1. The standard InChI is InChI=1S/C10H19N3O/c1-10(2,12)6-5-9(14)13-8-4-3-7-11/h3-6,8,12H2,1-2H3,(H,13,14). The van der Waals surface area contributed by atoms with Gasteiger partial charge < -0.3 is 11.1 Å². The fraction of sp³-hybridized carbons (Fsp3) is 0.800. The molecule has 0 heterocycles. The van der Waals surface area contributed by atoms with Gasteiger partial charge in [-0.3, -0.25) is 4.79 Å². The van der Waals surface area contributed by atoms with Crippen LogP contribution in [0, 0.1) is 11.3 Å². The summed E-state index contributed by atoms with van der Waals surface area (Å²) < 4.78 is 0. The molecule has 0 saturated carbocycles. The van der Waals surface area contributed by atoms with Crippen LogP contribution in [0.1, 0.15) is 39.5 Å². The lowest BCUT2D eigenvalue weighted by Gasteiger charge is -2.17. The highest BCUT2D eigenvalue weighted by atomic mass is 16.1. The van der Waals surface area contributed by atoms with Crippen LogP contribution in [-0.2, 0) is 4.79 Å². The Labute approximate surface area is 85.5 Å². The van der Waals surface area contributed by atoms with Crippen LogP contribution < -0.4 is 11.1 Å². The van der Waals surface area contributed by atoms with E-state index in [1.54, 1.807) is 0 Å². The Morgan fingerprint density at radius 1 is 1.57 bits per heavy atom. The molecule has 0 aromatic heterocycles. The summed E-state index contributed by atoms with van der Waals surface area (Å²) in [5, 5.41) is 11.0. The Hall–Kier alpha value is -1.08. The van der Waals surface area contributed by atoms with E-state index in [9.17, 15) is 4.79 Å². The summed E-state index contributed by atoms with van der Waals surface area (Å²) in [6.07, 6.45) is 2.34. The first-order valence-electron chi connectivity index (χ1n) is 4.88. The van der Waals surface area contributed by atoms with Crippen molar-refractivity contribution in [3.8, 4) is 6.07 Å². The molecule has 0 radical (unpaired) electrons. The fourth-order valence-corrected chi connectivity index (χ4v) is 0.919. The van der Waals surface area contributed by atoms with Gasteiger partial charge in [0.05, 0.1) is 6.07 Å². The smallest absolute Gasteiger partial charge is 0.220 e. The Morgan fingerprint density at radius 3 is 2.71 bits per heavy atom. The summed E-state index contributed by atoms with van der Waals surface area (Å²) in [6, 6.07) is 2.03. The highest BCUT2D eigenvalue weighted by molar-refractivity contribution is 5.75. The maximum atomic E-state index is 11.2. The van der Waals surface area contributed by atoms with Gasteiger partial charge in [-0.15, -0.1) is 0 Å². The third-order valence-corrected chi connectivity index (χ3v) is 1.78. The summed E-state index contributed by atoms with van der Waals surface area (Å²) in [6.45, 7) is 4.38. The van der Waals surface area contributed by atoms with Crippen molar-refractivity contribution in [1.29, 1.82) is 5.26 Å². The first-order valence-corrected chi connectivity index (χ1v) is 4.88. The second-order valence-electron chi connectivity index (χ2n) is 4.10. The summed E-state index contributed by atoms with van der Waals surface area (Å²) in [7, 11) is 0. The number of rotatable bonds is 6. The molecular weight excluding hydrogens is 178 g/mol. The number of carbonyl (C=O) groups excluding carboxylic acids is 1. The van der Waals surface area contributed by atoms with Crippen LogP contribution in [0.3, 0.4) is 0 Å². The van der Waals surface area contributed by atoms with Crippen molar-refractivity contribution in [3.05, 3.63) is 0 Å². The van der Waals surface area contributed by atoms with Crippen molar-refractivity contribution in [1.82, 2.24) is 5.32 Å². The van der Waals surface area contributed by atoms with Gasteiger partial charge in [0.15, 0.2) is 0 Å². The molecule has 0 aliphatic rings. The molecule has 0 aliphatic carbocycles. The number of unbranched alkanes of at least 4 members (excludes halogenated alkanes) is 1. The van der Waals surface area contributed by atoms with Crippen molar-refractivity contribution >= 4 is 5.91 Å². The summed E-state index contributed by atoms with van der Waals surface area (Å²) in [5.74, 6) is 0.0152. The lowest BCUT2D eigenvalue weighted by Crippen LogP contribution is -2.34. The molecule has 1 amide bonds. The van der Waals surface area contributed by atoms with Gasteiger partial charge in [0.2, 0.25) is 5.91 Å². The van der Waals surface area contributed by atoms with Gasteiger partial charge in [0.1, 0.15) is 0 Å². The van der Waals surface area contributed by atoms with Crippen LogP contribution >= 0.6 is 0 Å². The van der Waals surface area contributed by atoms with Gasteiger partial charge >= 0.3 is 0 Å². The third kappa shape index (κ3) is 9.01. The second-order valence-corrected chi connectivity index (χ2v) is 4.10. The van der Waals surface area contributed by atoms with Crippen molar-refractivity contribution in [2.45, 2.75) is 45.1 Å². The maximum Gasteiger partial charge on any atom is 0.220 e. The van der Waals surface area contributed by atoms with Gasteiger partial charge in [-0.2, -0.15) is 5.26 Å². The molecule has 0 atom stereocenters. The van der Waals surface area contributed by atoms with E-state index in [-0.39, 0.29) is 11.4 Å². The molecule has 80 valence electrons. The molecule has 4 heteroatoms. The predicted octanol–water partition coefficient (Wildman–Crippen LogP) is 0.924. The number of nitrogens with two attached hydrogens (primary N) is 1. The van der Waals surface area contributed by atoms with Gasteiger partial charge in [0, 0.05) is 24.9 Å². The van der Waals surface area contributed by atoms with Crippen LogP contribution in [0.15, 0.2) is 0 Å². The molecule has 0 bridgehead atoms. The Kier molecular flexibility index (Phi) is 5.89. The number of carbonyl (C=O) groups is 1. The number of nitriles is 1. The average molecular weight is 197 g/mol. The minimum atomic E-state index is -0.288. The molecule has 0 aliphatic heterocycles. The lowest BCUT2D eigenvalue weighted by molar-refractivity contribution is -0.121. The highest BCUT2D eigenvalue weighted by Gasteiger charge is 2.12. The van der Waals surface area contributed by atoms with E-state index in [0.29, 0.717) is 32.2 Å². The Morgan fingerprint density at radius 2 is 2.21 bits per heavy atom. The molecule has 0 spiro atoms. The van der Waals surface area contributed by atoms with Crippen molar-refractivity contribution in [3.63, 3.8) is 0 Å². The largest absolute Gasteiger partial charge is 0.356 e. The van der Waals surface area contributed by atoms with Gasteiger partial charge in [0.25, 0.3) is 0 Å². The van der Waals surface area contributed by atoms with E-state index in [1.807, 2.05) is 19.9 Å². The van der Waals surface area contributed by atoms with Crippen LogP contribution in [0.2, 0.25) is 0 Å². The highest BCUT2D eigenvalue weighted by Crippen LogP contribution is 2.06. The van der Waals surface area contributed by atoms with E-state index in [4.69, 9.17) is 11.0 Å². The third-order valence-electron chi connectivity index (χ3n) is 1.78. The van der Waals surface area contributed by atoms with E-state index in [1.165, 1.54) is 0 Å². The summed E-state index contributed by atoms with van der Waals surface area (Å²) in [5.41, 5.74) is 5.45. The molecule has 0 saturated heterocycles. The zero-order chi connectivity index (χ0) is 11.0. The predicted molar refractivity (Wildman–Crippen MR) is 55.4 cm³/mol. The molecule has 0 aromatic rings. The lowest BCUT2D eigenvalue weighted by atomic mass is 10.00. The van der Waals surface area contributed by atoms with E-state index in [2.05, 4.69) is 5.32 Å². The van der Waals surface area contributed by atoms with E-state index < -0.39 is 0 Å². The monoisotopic (exact) mass is 197 g/mol. The molecule has 4 nitrogen and oxygen atoms in total. The fourth-order valence-electron chi connectivity index (χ4n) is 0.919. The maximum absolute atomic E-state index is 11.2. The van der Waals surface area contributed by atoms with Gasteiger partial charge in [-0.05, 0) is 26.7 Å². The summed E-state index contributed by atoms with van der Waals surface area (Å²) in [4.78, 5) is 11.2. The normalized spacial score (nSPS) is 10.7. The zero-order valence-electron chi connectivity index (χ0n) is 8.97. The molecule has 0 aromatic carbocycles. The molecule has 0 unspecified atom stereocenters. The number of nitrogens with zero attached hydrogens (tertiary/aromatic N) is 1. The summed E-state index contributed by atoms with van der Waals surface area (Å²) >= 11 is 0. The molecule has 3 N–H and O–H groups in total. The SMILES string of the molecule is CC(C)(N)CCC(=O)NCCCC#N. The second kappa shape index (κ2) is 6.39. The quantitative estimate of drug-likeness (QED) is 0.621. The average Bonchev–Trinajstić information content (AvgIpc) is 2.08. The number of hydrogen-bond acceptors (Lipinski definition) is 3. The topological polar surface area (TPSA) is 78.9 Å². The molecule has 0 rings (SSSR count). The van der Waals surface area contributed by atoms with Crippen LogP contribution in [-0.4, -0.2) is 18.0 Å². The van der Waals surface area contributed by atoms with Crippen LogP contribution in [0.25, 0.3) is 0 Å². The first-order chi connectivity index (χ1) is 6.45. The van der Waals surface area contributed by atoms with Gasteiger partial charge in [-0.25, -0.2) is 0 Å². The van der Waals surface area contributed by atoms with Crippen molar-refractivity contribution < 1.29 is 4.79 Å². The Balaban J connectivity index is 3.43. The minimum absolute atomic E-state index is 0.0152. The number of hydrogen-bond donors (Lipinski definition) is 2.